The molecule has 2 aromatic rings. The maximum atomic E-state index is 10.7. The zero-order valence-corrected chi connectivity index (χ0v) is 10.5. The smallest absolute Gasteiger partial charge is 0.258 e. The molecule has 1 aromatic carbocycles. The van der Waals surface area contributed by atoms with Crippen molar-refractivity contribution >= 4 is 17.3 Å². The van der Waals surface area contributed by atoms with Crippen molar-refractivity contribution in [2.75, 3.05) is 5.88 Å². The summed E-state index contributed by atoms with van der Waals surface area (Å²) in [5.41, 5.74) is 2.33. The van der Waals surface area contributed by atoms with Crippen LogP contribution in [0.25, 0.3) is 5.69 Å². The molecular formula is C11H11ClN4O2. The van der Waals surface area contributed by atoms with Crippen LogP contribution in [0.3, 0.4) is 0 Å². The minimum atomic E-state index is -0.431. The molecule has 0 bridgehead atoms. The molecule has 2 rings (SSSR count). The average Bonchev–Trinajstić information content (AvgIpc) is 2.78. The van der Waals surface area contributed by atoms with E-state index < -0.39 is 4.92 Å². The van der Waals surface area contributed by atoms with Crippen LogP contribution in [0.5, 0.6) is 0 Å². The number of benzene rings is 1. The van der Waals surface area contributed by atoms with Crippen molar-refractivity contribution in [3.05, 3.63) is 45.8 Å². The van der Waals surface area contributed by atoms with Gasteiger partial charge in [-0.15, -0.1) is 16.7 Å². The summed E-state index contributed by atoms with van der Waals surface area (Å²) in [6.45, 7) is 1.86. The molecule has 0 amide bonds. The topological polar surface area (TPSA) is 73.8 Å². The minimum Gasteiger partial charge on any atom is -0.258 e. The summed E-state index contributed by atoms with van der Waals surface area (Å²) in [7, 11) is 0. The molecule has 1 aromatic heterocycles. The van der Waals surface area contributed by atoms with Gasteiger partial charge in [0.2, 0.25) is 0 Å². The summed E-state index contributed by atoms with van der Waals surface area (Å²) in [5, 5.41) is 18.7. The van der Waals surface area contributed by atoms with E-state index in [9.17, 15) is 10.1 Å². The van der Waals surface area contributed by atoms with Gasteiger partial charge in [0.15, 0.2) is 0 Å². The number of hydrogen-bond donors (Lipinski definition) is 0. The van der Waals surface area contributed by atoms with Gasteiger partial charge in [-0.25, -0.2) is 4.68 Å². The van der Waals surface area contributed by atoms with Crippen LogP contribution >= 0.6 is 11.6 Å². The van der Waals surface area contributed by atoms with Crippen LogP contribution in [0.4, 0.5) is 5.69 Å². The van der Waals surface area contributed by atoms with Crippen molar-refractivity contribution in [3.8, 4) is 5.69 Å². The van der Waals surface area contributed by atoms with E-state index in [0.717, 1.165) is 11.3 Å². The van der Waals surface area contributed by atoms with E-state index in [4.69, 9.17) is 11.6 Å². The number of aromatic nitrogens is 3. The summed E-state index contributed by atoms with van der Waals surface area (Å²) in [6, 6.07) is 4.64. The Morgan fingerprint density at radius 1 is 1.50 bits per heavy atom. The SMILES string of the molecule is Cc1ccc([N+](=O)[O-])cc1-n1cc(CCCl)nn1. The Morgan fingerprint density at radius 2 is 2.28 bits per heavy atom. The Bertz CT molecular complexity index is 582. The molecule has 6 nitrogen and oxygen atoms in total. The molecule has 0 atom stereocenters. The Kier molecular flexibility index (Phi) is 3.57. The highest BCUT2D eigenvalue weighted by atomic mass is 35.5. The fraction of sp³-hybridized carbons (Fsp3) is 0.273. The molecule has 0 radical (unpaired) electrons. The van der Waals surface area contributed by atoms with Crippen LogP contribution in [0.2, 0.25) is 0 Å². The highest BCUT2D eigenvalue weighted by Crippen LogP contribution is 2.20. The van der Waals surface area contributed by atoms with E-state index in [0.29, 0.717) is 18.0 Å². The van der Waals surface area contributed by atoms with Gasteiger partial charge < -0.3 is 0 Å². The lowest BCUT2D eigenvalue weighted by Crippen LogP contribution is -1.99. The molecule has 0 aliphatic rings. The number of aryl methyl sites for hydroxylation is 2. The van der Waals surface area contributed by atoms with Crippen molar-refractivity contribution in [2.45, 2.75) is 13.3 Å². The zero-order valence-electron chi connectivity index (χ0n) is 9.71. The highest BCUT2D eigenvalue weighted by Gasteiger charge is 2.11. The molecule has 0 saturated carbocycles. The predicted octanol–water partition coefficient (Wildman–Crippen LogP) is 2.27. The summed E-state index contributed by atoms with van der Waals surface area (Å²) in [5.74, 6) is 0.465. The number of halogens is 1. The first-order valence-electron chi connectivity index (χ1n) is 5.34. The summed E-state index contributed by atoms with van der Waals surface area (Å²) in [6.07, 6.45) is 2.35. The van der Waals surface area contributed by atoms with E-state index in [1.54, 1.807) is 12.3 Å². The maximum absolute atomic E-state index is 10.7. The second kappa shape index (κ2) is 5.14. The van der Waals surface area contributed by atoms with Gasteiger partial charge >= 0.3 is 0 Å². The molecule has 0 aliphatic heterocycles. The Labute approximate surface area is 108 Å². The molecule has 0 spiro atoms. The van der Waals surface area contributed by atoms with Crippen molar-refractivity contribution in [1.82, 2.24) is 15.0 Å². The quantitative estimate of drug-likeness (QED) is 0.483. The van der Waals surface area contributed by atoms with E-state index in [1.807, 2.05) is 6.92 Å². The Morgan fingerprint density at radius 3 is 2.94 bits per heavy atom. The molecule has 0 aliphatic carbocycles. The standard InChI is InChI=1S/C11H11ClN4O2/c1-8-2-3-10(16(17)18)6-11(8)15-7-9(4-5-12)13-14-15/h2-3,6-7H,4-5H2,1H3. The molecule has 1 heterocycles. The van der Waals surface area contributed by atoms with Crippen LogP contribution in [-0.2, 0) is 6.42 Å². The second-order valence-corrected chi connectivity index (χ2v) is 4.20. The first kappa shape index (κ1) is 12.5. The molecule has 0 saturated heterocycles. The molecular weight excluding hydrogens is 256 g/mol. The first-order chi connectivity index (χ1) is 8.61. The third-order valence-electron chi connectivity index (χ3n) is 2.54. The molecule has 0 fully saturated rings. The third kappa shape index (κ3) is 2.48. The van der Waals surface area contributed by atoms with Gasteiger partial charge in [-0.1, -0.05) is 11.3 Å². The van der Waals surface area contributed by atoms with Gasteiger partial charge in [-0.05, 0) is 12.5 Å². The van der Waals surface area contributed by atoms with E-state index >= 15 is 0 Å². The van der Waals surface area contributed by atoms with E-state index in [-0.39, 0.29) is 5.69 Å². The fourth-order valence-corrected chi connectivity index (χ4v) is 1.78. The zero-order chi connectivity index (χ0) is 13.1. The van der Waals surface area contributed by atoms with Crippen LogP contribution in [0, 0.1) is 17.0 Å². The van der Waals surface area contributed by atoms with Crippen molar-refractivity contribution < 1.29 is 4.92 Å². The molecule has 18 heavy (non-hydrogen) atoms. The number of nitro groups is 1. The number of non-ortho nitro benzene ring substituents is 1. The van der Waals surface area contributed by atoms with Crippen molar-refractivity contribution in [1.29, 1.82) is 0 Å². The number of hydrogen-bond acceptors (Lipinski definition) is 4. The number of alkyl halides is 1. The number of rotatable bonds is 4. The van der Waals surface area contributed by atoms with Gasteiger partial charge in [0.25, 0.3) is 5.69 Å². The van der Waals surface area contributed by atoms with Crippen LogP contribution in [0.15, 0.2) is 24.4 Å². The fourth-order valence-electron chi connectivity index (χ4n) is 1.59. The molecule has 0 unspecified atom stereocenters. The summed E-state index contributed by atoms with van der Waals surface area (Å²) < 4.78 is 1.53. The van der Waals surface area contributed by atoms with Crippen LogP contribution in [-0.4, -0.2) is 25.8 Å². The summed E-state index contributed by atoms with van der Waals surface area (Å²) in [4.78, 5) is 10.3. The molecule has 0 N–H and O–H groups in total. The van der Waals surface area contributed by atoms with Crippen molar-refractivity contribution in [2.24, 2.45) is 0 Å². The lowest BCUT2D eigenvalue weighted by Gasteiger charge is -2.04. The molecule has 7 heteroatoms. The van der Waals surface area contributed by atoms with E-state index in [1.165, 1.54) is 16.8 Å². The van der Waals surface area contributed by atoms with Gasteiger partial charge in [0.1, 0.15) is 0 Å². The highest BCUT2D eigenvalue weighted by molar-refractivity contribution is 6.17. The van der Waals surface area contributed by atoms with Gasteiger partial charge in [-0.3, -0.25) is 10.1 Å². The van der Waals surface area contributed by atoms with Gasteiger partial charge in [0.05, 0.1) is 22.5 Å². The number of nitro benzene ring substituents is 1. The predicted molar refractivity (Wildman–Crippen MR) is 67.2 cm³/mol. The lowest BCUT2D eigenvalue weighted by molar-refractivity contribution is -0.384. The van der Waals surface area contributed by atoms with Crippen LogP contribution in [0.1, 0.15) is 11.3 Å². The Hall–Kier alpha value is -1.95. The Balaban J connectivity index is 2.41. The summed E-state index contributed by atoms with van der Waals surface area (Å²) >= 11 is 5.62. The average molecular weight is 267 g/mol. The minimum absolute atomic E-state index is 0.0324. The van der Waals surface area contributed by atoms with E-state index in [2.05, 4.69) is 10.3 Å². The van der Waals surface area contributed by atoms with Crippen LogP contribution < -0.4 is 0 Å². The lowest BCUT2D eigenvalue weighted by atomic mass is 10.2. The van der Waals surface area contributed by atoms with Gasteiger partial charge in [-0.2, -0.15) is 0 Å². The maximum Gasteiger partial charge on any atom is 0.271 e. The largest absolute Gasteiger partial charge is 0.271 e. The third-order valence-corrected chi connectivity index (χ3v) is 2.73. The monoisotopic (exact) mass is 266 g/mol. The van der Waals surface area contributed by atoms with Gasteiger partial charge in [0, 0.05) is 24.4 Å². The molecule has 94 valence electrons. The van der Waals surface area contributed by atoms with Crippen molar-refractivity contribution in [3.63, 3.8) is 0 Å². The normalized spacial score (nSPS) is 10.6. The first-order valence-corrected chi connectivity index (χ1v) is 5.88. The number of nitrogens with zero attached hydrogens (tertiary/aromatic N) is 4. The second-order valence-electron chi connectivity index (χ2n) is 3.82.